The van der Waals surface area contributed by atoms with Crippen molar-refractivity contribution in [1.82, 2.24) is 0 Å². The Bertz CT molecular complexity index is 2600. The van der Waals surface area contributed by atoms with Crippen molar-refractivity contribution >= 4 is 45.9 Å². The molecule has 0 amide bonds. The Morgan fingerprint density at radius 1 is 0.733 bits per heavy atom. The molecule has 0 radical (unpaired) electrons. The van der Waals surface area contributed by atoms with Crippen molar-refractivity contribution in [2.75, 3.05) is 45.4 Å². The number of anilines is 1. The number of morpholine rings is 1. The quantitative estimate of drug-likeness (QED) is 0.145. The van der Waals surface area contributed by atoms with E-state index < -0.39 is 5.60 Å². The standard InChI is InChI=1S/C53H52ClNO4S/c1-5-51(6-2)25-27-52(28-26-51)43-12-8-7-11-39(43)48-41-34-47(60-46-14-10-9-13-44(46)54)45(57-4)33-42(41)50-40(49(48)52)23-24-53(59-50,36-17-21-38(56-3)22-18-36)35-15-19-37(20-16-35)55-29-31-58-32-30-55/h7-24,33-34H,5-6,25-32H2,1-4H3. The molecule has 1 saturated carbocycles. The minimum Gasteiger partial charge on any atom is -0.497 e. The van der Waals surface area contributed by atoms with Crippen LogP contribution >= 0.6 is 23.4 Å². The zero-order chi connectivity index (χ0) is 41.1. The van der Waals surface area contributed by atoms with Gasteiger partial charge in [-0.2, -0.15) is 0 Å². The first-order valence-electron chi connectivity index (χ1n) is 21.6. The number of hydrogen-bond donors (Lipinski definition) is 0. The van der Waals surface area contributed by atoms with Gasteiger partial charge in [-0.05, 0) is 113 Å². The molecule has 60 heavy (non-hydrogen) atoms. The Morgan fingerprint density at radius 2 is 1.42 bits per heavy atom. The van der Waals surface area contributed by atoms with Crippen molar-refractivity contribution < 1.29 is 18.9 Å². The molecule has 6 aromatic rings. The molecule has 1 atom stereocenters. The topological polar surface area (TPSA) is 40.2 Å². The third-order valence-corrected chi connectivity index (χ3v) is 16.0. The van der Waals surface area contributed by atoms with Gasteiger partial charge in [-0.15, -0.1) is 0 Å². The molecular weight excluding hydrogens is 782 g/mol. The minimum atomic E-state index is -0.924. The van der Waals surface area contributed by atoms with E-state index in [4.69, 9.17) is 30.5 Å². The Balaban J connectivity index is 1.23. The molecule has 306 valence electrons. The fraction of sp³-hybridized carbons (Fsp3) is 0.321. The lowest BCUT2D eigenvalue weighted by Gasteiger charge is -2.47. The highest BCUT2D eigenvalue weighted by atomic mass is 35.5. The Kier molecular flexibility index (Phi) is 10.2. The average molecular weight is 835 g/mol. The fourth-order valence-electron chi connectivity index (χ4n) is 10.8. The molecule has 5 nitrogen and oxygen atoms in total. The molecule has 4 aliphatic rings. The number of methoxy groups -OCH3 is 2. The summed E-state index contributed by atoms with van der Waals surface area (Å²) in [6, 6.07) is 39.1. The van der Waals surface area contributed by atoms with Crippen molar-refractivity contribution in [3.63, 3.8) is 0 Å². The van der Waals surface area contributed by atoms with E-state index in [2.05, 4.69) is 110 Å². The third-order valence-electron chi connectivity index (χ3n) is 14.4. The SMILES string of the molecule is CCC1(CC)CCC2(CC1)c1ccccc1-c1c2c2c(c3cc(OC)c(Sc4ccccc4Cl)cc13)OC(c1ccc(OC)cc1)(c1ccc(N3CCOCC3)cc1)C=C2. The fourth-order valence-corrected chi connectivity index (χ4v) is 12.0. The first kappa shape index (κ1) is 39.3. The molecule has 6 aromatic carbocycles. The first-order chi connectivity index (χ1) is 29.4. The van der Waals surface area contributed by atoms with Gasteiger partial charge in [0.15, 0.2) is 5.60 Å². The molecule has 10 rings (SSSR count). The summed E-state index contributed by atoms with van der Waals surface area (Å²) in [5.41, 5.74) is 9.28. The van der Waals surface area contributed by atoms with Crippen molar-refractivity contribution in [1.29, 1.82) is 0 Å². The van der Waals surface area contributed by atoms with Gasteiger partial charge in [0.1, 0.15) is 17.2 Å². The molecule has 7 heteroatoms. The highest BCUT2D eigenvalue weighted by Crippen LogP contribution is 2.65. The molecule has 2 heterocycles. The number of rotatable bonds is 9. The summed E-state index contributed by atoms with van der Waals surface area (Å²) in [5, 5.41) is 2.93. The second-order valence-electron chi connectivity index (χ2n) is 17.0. The predicted octanol–water partition coefficient (Wildman–Crippen LogP) is 13.5. The van der Waals surface area contributed by atoms with E-state index in [0.717, 1.165) is 87.7 Å². The largest absolute Gasteiger partial charge is 0.497 e. The summed E-state index contributed by atoms with van der Waals surface area (Å²) in [4.78, 5) is 4.41. The minimum absolute atomic E-state index is 0.137. The number of halogens is 1. The van der Waals surface area contributed by atoms with E-state index >= 15 is 0 Å². The molecule has 1 saturated heterocycles. The zero-order valence-corrected chi connectivity index (χ0v) is 36.6. The van der Waals surface area contributed by atoms with Crippen LogP contribution in [0, 0.1) is 5.41 Å². The van der Waals surface area contributed by atoms with Crippen molar-refractivity contribution in [3.8, 4) is 28.4 Å². The lowest BCUT2D eigenvalue weighted by Crippen LogP contribution is -2.38. The summed E-state index contributed by atoms with van der Waals surface area (Å²) in [6.45, 7) is 8.02. The van der Waals surface area contributed by atoms with Gasteiger partial charge in [0, 0.05) is 51.2 Å². The predicted molar refractivity (Wildman–Crippen MR) is 247 cm³/mol. The second kappa shape index (κ2) is 15.5. The highest BCUT2D eigenvalue weighted by molar-refractivity contribution is 7.99. The third kappa shape index (κ3) is 6.24. The molecular formula is C53H52ClNO4S. The van der Waals surface area contributed by atoms with Crippen molar-refractivity contribution in [3.05, 3.63) is 148 Å². The summed E-state index contributed by atoms with van der Waals surface area (Å²) in [7, 11) is 3.47. The molecule has 2 aliphatic carbocycles. The first-order valence-corrected chi connectivity index (χ1v) is 22.8. The smallest absolute Gasteiger partial charge is 0.178 e. The highest BCUT2D eigenvalue weighted by Gasteiger charge is 2.51. The van der Waals surface area contributed by atoms with E-state index in [9.17, 15) is 0 Å². The molecule has 0 bridgehead atoms. The lowest BCUT2D eigenvalue weighted by molar-refractivity contribution is 0.122. The van der Waals surface area contributed by atoms with Gasteiger partial charge < -0.3 is 23.8 Å². The van der Waals surface area contributed by atoms with Crippen LogP contribution < -0.4 is 19.1 Å². The molecule has 2 aliphatic heterocycles. The van der Waals surface area contributed by atoms with Gasteiger partial charge >= 0.3 is 0 Å². The maximum absolute atomic E-state index is 7.84. The van der Waals surface area contributed by atoms with E-state index in [-0.39, 0.29) is 5.41 Å². The summed E-state index contributed by atoms with van der Waals surface area (Å²) in [5.74, 6) is 2.48. The maximum Gasteiger partial charge on any atom is 0.178 e. The lowest BCUT2D eigenvalue weighted by atomic mass is 9.58. The van der Waals surface area contributed by atoms with Gasteiger partial charge in [-0.1, -0.05) is 117 Å². The van der Waals surface area contributed by atoms with Gasteiger partial charge in [-0.25, -0.2) is 0 Å². The normalized spacial score (nSPS) is 19.7. The number of hydrogen-bond acceptors (Lipinski definition) is 6. The summed E-state index contributed by atoms with van der Waals surface area (Å²) in [6.07, 6.45) is 11.7. The summed E-state index contributed by atoms with van der Waals surface area (Å²) >= 11 is 8.45. The van der Waals surface area contributed by atoms with Gasteiger partial charge in [0.05, 0.1) is 37.4 Å². The van der Waals surface area contributed by atoms with Crippen LogP contribution in [0.25, 0.3) is 28.0 Å². The monoisotopic (exact) mass is 833 g/mol. The van der Waals surface area contributed by atoms with Crippen LogP contribution in [0.3, 0.4) is 0 Å². The van der Waals surface area contributed by atoms with Crippen molar-refractivity contribution in [2.45, 2.75) is 73.2 Å². The Hall–Kier alpha value is -4.88. The number of fused-ring (bicyclic) bond motifs is 10. The van der Waals surface area contributed by atoms with Crippen LogP contribution in [0.2, 0.25) is 5.02 Å². The molecule has 0 N–H and O–H groups in total. The molecule has 1 spiro atoms. The molecule has 1 unspecified atom stereocenters. The van der Waals surface area contributed by atoms with Crippen LogP contribution in [-0.2, 0) is 15.8 Å². The van der Waals surface area contributed by atoms with Gasteiger partial charge in [0.2, 0.25) is 0 Å². The van der Waals surface area contributed by atoms with Gasteiger partial charge in [-0.3, -0.25) is 0 Å². The van der Waals surface area contributed by atoms with E-state index in [1.54, 1.807) is 26.0 Å². The van der Waals surface area contributed by atoms with Crippen LogP contribution in [0.5, 0.6) is 17.2 Å². The van der Waals surface area contributed by atoms with E-state index in [0.29, 0.717) is 5.41 Å². The molecule has 0 aromatic heterocycles. The maximum atomic E-state index is 7.84. The number of ether oxygens (including phenoxy) is 4. The van der Waals surface area contributed by atoms with E-state index in [1.807, 2.05) is 30.3 Å². The van der Waals surface area contributed by atoms with Gasteiger partial charge in [0.25, 0.3) is 0 Å². The Morgan fingerprint density at radius 3 is 2.10 bits per heavy atom. The average Bonchev–Trinajstić information content (AvgIpc) is 3.59. The van der Waals surface area contributed by atoms with Crippen LogP contribution in [-0.4, -0.2) is 40.5 Å². The van der Waals surface area contributed by atoms with Crippen molar-refractivity contribution in [2.24, 2.45) is 5.41 Å². The molecule has 2 fully saturated rings. The van der Waals surface area contributed by atoms with E-state index in [1.165, 1.54) is 64.6 Å². The van der Waals surface area contributed by atoms with Crippen LogP contribution in [0.4, 0.5) is 5.69 Å². The number of nitrogens with zero attached hydrogens (tertiary/aromatic N) is 1. The Labute approximate surface area is 363 Å². The van der Waals surface area contributed by atoms with Crippen LogP contribution in [0.15, 0.2) is 125 Å². The van der Waals surface area contributed by atoms with Crippen LogP contribution in [0.1, 0.15) is 80.2 Å². The second-order valence-corrected chi connectivity index (χ2v) is 18.4. The zero-order valence-electron chi connectivity index (χ0n) is 35.0. The number of benzene rings is 6. The summed E-state index contributed by atoms with van der Waals surface area (Å²) < 4.78 is 25.4.